The van der Waals surface area contributed by atoms with Gasteiger partial charge in [-0.3, -0.25) is 4.79 Å². The normalized spacial score (nSPS) is 25.2. The van der Waals surface area contributed by atoms with E-state index in [0.717, 1.165) is 19.4 Å². The lowest BCUT2D eigenvalue weighted by atomic mass is 9.95. The molecule has 2 fully saturated rings. The Kier molecular flexibility index (Phi) is 2.78. The molecule has 1 saturated carbocycles. The zero-order valence-electron chi connectivity index (χ0n) is 11.2. The van der Waals surface area contributed by atoms with Crippen LogP contribution in [0.2, 0.25) is 0 Å². The third kappa shape index (κ3) is 2.00. The Morgan fingerprint density at radius 2 is 2.11 bits per heavy atom. The molecule has 0 bridgehead atoms. The lowest BCUT2D eigenvalue weighted by Crippen LogP contribution is -2.33. The molecule has 0 amide bonds. The monoisotopic (exact) mass is 263 g/mol. The minimum absolute atomic E-state index is 0.168. The average molecular weight is 263 g/mol. The number of Topliss-reactive ketones (excluding diaryl/α,β-unsaturated/α-hetero) is 1. The van der Waals surface area contributed by atoms with Gasteiger partial charge in [0.1, 0.15) is 11.6 Å². The first-order valence-corrected chi connectivity index (χ1v) is 6.62. The Labute approximate surface area is 112 Å². The molecule has 1 spiro atoms. The minimum atomic E-state index is -0.442. The van der Waals surface area contributed by atoms with Crippen molar-refractivity contribution in [1.82, 2.24) is 4.81 Å². The van der Waals surface area contributed by atoms with E-state index in [1.807, 2.05) is 12.8 Å². The van der Waals surface area contributed by atoms with Crippen LogP contribution in [0.1, 0.15) is 24.0 Å². The van der Waals surface area contributed by atoms with Gasteiger partial charge in [0.05, 0.1) is 6.04 Å². The van der Waals surface area contributed by atoms with Gasteiger partial charge in [-0.05, 0) is 49.4 Å². The fourth-order valence-corrected chi connectivity index (χ4v) is 3.17. The van der Waals surface area contributed by atoms with Crippen molar-refractivity contribution >= 4 is 13.8 Å². The molecule has 2 nitrogen and oxygen atoms in total. The Hall–Kier alpha value is -1.23. The Morgan fingerprint density at radius 1 is 1.42 bits per heavy atom. The molecule has 1 unspecified atom stereocenters. The van der Waals surface area contributed by atoms with Gasteiger partial charge in [-0.25, -0.2) is 8.78 Å². The highest BCUT2D eigenvalue weighted by molar-refractivity contribution is 6.10. The van der Waals surface area contributed by atoms with Crippen LogP contribution in [0.3, 0.4) is 0 Å². The van der Waals surface area contributed by atoms with Crippen LogP contribution in [0.15, 0.2) is 12.1 Å². The smallest absolute Gasteiger partial charge is 0.186 e. The SMILES string of the molecule is BN1CC2(CC2)C(=O)C1Cc1cc(F)cc(C)c1F. The molecule has 100 valence electrons. The zero-order chi connectivity index (χ0) is 13.8. The zero-order valence-corrected chi connectivity index (χ0v) is 11.2. The second-order valence-electron chi connectivity index (χ2n) is 5.98. The van der Waals surface area contributed by atoms with E-state index >= 15 is 0 Å². The summed E-state index contributed by atoms with van der Waals surface area (Å²) >= 11 is 0. The summed E-state index contributed by atoms with van der Waals surface area (Å²) in [4.78, 5) is 14.3. The van der Waals surface area contributed by atoms with E-state index < -0.39 is 5.82 Å². The molecule has 1 aromatic rings. The predicted octanol–water partition coefficient (Wildman–Crippen LogP) is 1.40. The number of ketones is 1. The molecular weight excluding hydrogens is 247 g/mol. The molecule has 0 radical (unpaired) electrons. The molecule has 19 heavy (non-hydrogen) atoms. The summed E-state index contributed by atoms with van der Waals surface area (Å²) in [5, 5.41) is 0. The van der Waals surface area contributed by atoms with Crippen molar-refractivity contribution in [3.63, 3.8) is 0 Å². The topological polar surface area (TPSA) is 20.3 Å². The molecule has 1 aliphatic carbocycles. The summed E-state index contributed by atoms with van der Waals surface area (Å²) in [6, 6.07) is 2.08. The number of benzene rings is 1. The maximum Gasteiger partial charge on any atom is 0.186 e. The third-order valence-corrected chi connectivity index (χ3v) is 4.47. The van der Waals surface area contributed by atoms with Crippen molar-refractivity contribution in [3.05, 3.63) is 34.9 Å². The fourth-order valence-electron chi connectivity index (χ4n) is 3.17. The van der Waals surface area contributed by atoms with Crippen molar-refractivity contribution in [2.24, 2.45) is 5.41 Å². The Morgan fingerprint density at radius 3 is 2.68 bits per heavy atom. The summed E-state index contributed by atoms with van der Waals surface area (Å²) in [5.74, 6) is -0.626. The van der Waals surface area contributed by atoms with E-state index in [1.54, 1.807) is 6.92 Å². The Bertz CT molecular complexity index is 557. The number of aryl methyl sites for hydroxylation is 1. The summed E-state index contributed by atoms with van der Waals surface area (Å²) in [6.45, 7) is 2.30. The van der Waals surface area contributed by atoms with Crippen LogP contribution in [-0.2, 0) is 11.2 Å². The second-order valence-corrected chi connectivity index (χ2v) is 5.98. The molecule has 1 aromatic carbocycles. The number of halogens is 2. The van der Waals surface area contributed by atoms with Crippen LogP contribution in [0.25, 0.3) is 0 Å². The largest absolute Gasteiger partial charge is 0.339 e. The first-order chi connectivity index (χ1) is 8.93. The molecule has 1 aliphatic heterocycles. The van der Waals surface area contributed by atoms with Gasteiger partial charge in [-0.15, -0.1) is 0 Å². The molecule has 5 heteroatoms. The predicted molar refractivity (Wildman–Crippen MR) is 70.5 cm³/mol. The van der Waals surface area contributed by atoms with Crippen molar-refractivity contribution in [2.75, 3.05) is 6.54 Å². The maximum atomic E-state index is 14.0. The van der Waals surface area contributed by atoms with Crippen LogP contribution in [-0.4, -0.2) is 31.2 Å². The molecule has 1 atom stereocenters. The van der Waals surface area contributed by atoms with E-state index in [0.29, 0.717) is 11.1 Å². The highest BCUT2D eigenvalue weighted by Gasteiger charge is 2.57. The molecule has 1 heterocycles. The summed E-state index contributed by atoms with van der Waals surface area (Å²) in [6.07, 6.45) is 2.15. The molecule has 0 aromatic heterocycles. The average Bonchev–Trinajstić information content (AvgIpc) is 3.07. The molecule has 3 rings (SSSR count). The number of carbonyl (C=O) groups excluding carboxylic acids is 1. The van der Waals surface area contributed by atoms with Crippen molar-refractivity contribution in [1.29, 1.82) is 0 Å². The molecule has 0 N–H and O–H groups in total. The van der Waals surface area contributed by atoms with Gasteiger partial charge in [0.25, 0.3) is 0 Å². The van der Waals surface area contributed by atoms with E-state index in [4.69, 9.17) is 0 Å². The van der Waals surface area contributed by atoms with Gasteiger partial charge in [-0.1, -0.05) is 0 Å². The Balaban J connectivity index is 1.88. The number of nitrogens with zero attached hydrogens (tertiary/aromatic N) is 1. The van der Waals surface area contributed by atoms with Gasteiger partial charge in [0, 0.05) is 12.0 Å². The molecule has 1 saturated heterocycles. The number of carbonyl (C=O) groups is 1. The quantitative estimate of drug-likeness (QED) is 0.752. The summed E-state index contributed by atoms with van der Waals surface area (Å²) in [5.41, 5.74) is 0.433. The second kappa shape index (κ2) is 4.13. The molecular formula is C14H16BF2NO. The van der Waals surface area contributed by atoms with Crippen LogP contribution < -0.4 is 0 Å². The van der Waals surface area contributed by atoms with Gasteiger partial charge in [0.2, 0.25) is 0 Å². The fraction of sp³-hybridized carbons (Fsp3) is 0.500. The van der Waals surface area contributed by atoms with E-state index in [-0.39, 0.29) is 29.5 Å². The van der Waals surface area contributed by atoms with Crippen LogP contribution in [0, 0.1) is 24.0 Å². The summed E-state index contributed by atoms with van der Waals surface area (Å²) in [7, 11) is 1.89. The third-order valence-electron chi connectivity index (χ3n) is 4.47. The van der Waals surface area contributed by atoms with Crippen LogP contribution in [0.5, 0.6) is 0 Å². The van der Waals surface area contributed by atoms with Gasteiger partial charge in [-0.2, -0.15) is 0 Å². The lowest BCUT2D eigenvalue weighted by molar-refractivity contribution is -0.123. The standard InChI is InChI=1S/C14H16BF2NO/c1-8-4-10(16)5-9(12(8)17)6-11-13(19)14(2-3-14)7-18(11)15/h4-5,11H,2-3,6-7,15H2,1H3. The number of hydrogen-bond donors (Lipinski definition) is 0. The van der Waals surface area contributed by atoms with Crippen molar-refractivity contribution in [2.45, 2.75) is 32.2 Å². The number of hydrogen-bond acceptors (Lipinski definition) is 2. The van der Waals surface area contributed by atoms with Crippen LogP contribution >= 0.6 is 0 Å². The maximum absolute atomic E-state index is 14.0. The highest BCUT2D eigenvalue weighted by atomic mass is 19.1. The highest BCUT2D eigenvalue weighted by Crippen LogP contribution is 2.52. The van der Waals surface area contributed by atoms with Gasteiger partial charge < -0.3 is 4.81 Å². The van der Waals surface area contributed by atoms with Gasteiger partial charge in [0.15, 0.2) is 13.8 Å². The minimum Gasteiger partial charge on any atom is -0.339 e. The van der Waals surface area contributed by atoms with E-state index in [9.17, 15) is 13.6 Å². The summed E-state index contributed by atoms with van der Waals surface area (Å²) < 4.78 is 27.4. The van der Waals surface area contributed by atoms with E-state index in [1.165, 1.54) is 12.1 Å². The first-order valence-electron chi connectivity index (χ1n) is 6.62. The number of rotatable bonds is 2. The van der Waals surface area contributed by atoms with E-state index in [2.05, 4.69) is 0 Å². The van der Waals surface area contributed by atoms with Crippen molar-refractivity contribution in [3.8, 4) is 0 Å². The molecule has 2 aliphatic rings. The first kappa shape index (κ1) is 12.8. The van der Waals surface area contributed by atoms with Gasteiger partial charge >= 0.3 is 0 Å². The van der Waals surface area contributed by atoms with Crippen LogP contribution in [0.4, 0.5) is 8.78 Å². The lowest BCUT2D eigenvalue weighted by Gasteiger charge is -2.19. The van der Waals surface area contributed by atoms with Crippen molar-refractivity contribution < 1.29 is 13.6 Å².